The first-order chi connectivity index (χ1) is 7.13. The summed E-state index contributed by atoms with van der Waals surface area (Å²) in [6.45, 7) is 1.39. The molecule has 1 rings (SSSR count). The SMILES string of the molecule is CCC(N)c1cccc(OCC(F)F)c1. The largest absolute Gasteiger partial charge is 0.488 e. The van der Waals surface area contributed by atoms with Gasteiger partial charge in [-0.25, -0.2) is 8.78 Å². The lowest BCUT2D eigenvalue weighted by Crippen LogP contribution is -2.10. The molecule has 0 aliphatic carbocycles. The third kappa shape index (κ3) is 3.83. The Labute approximate surface area is 88.0 Å². The summed E-state index contributed by atoms with van der Waals surface area (Å²) in [5, 5.41) is 0. The van der Waals surface area contributed by atoms with Crippen molar-refractivity contribution in [3.05, 3.63) is 29.8 Å². The first-order valence-electron chi connectivity index (χ1n) is 4.90. The summed E-state index contributed by atoms with van der Waals surface area (Å²) in [6, 6.07) is 6.90. The first kappa shape index (κ1) is 11.9. The van der Waals surface area contributed by atoms with Crippen molar-refractivity contribution in [2.75, 3.05) is 6.61 Å². The van der Waals surface area contributed by atoms with Crippen molar-refractivity contribution >= 4 is 0 Å². The third-order valence-corrected chi connectivity index (χ3v) is 2.10. The molecule has 4 heteroatoms. The van der Waals surface area contributed by atoms with Crippen LogP contribution in [0.1, 0.15) is 24.9 Å². The highest BCUT2D eigenvalue weighted by Gasteiger charge is 2.06. The molecular formula is C11H15F2NO. The molecule has 0 heterocycles. The zero-order valence-electron chi connectivity index (χ0n) is 8.62. The third-order valence-electron chi connectivity index (χ3n) is 2.10. The van der Waals surface area contributed by atoms with Gasteiger partial charge in [0.1, 0.15) is 12.4 Å². The molecule has 0 bridgehead atoms. The molecule has 1 aromatic carbocycles. The smallest absolute Gasteiger partial charge is 0.272 e. The number of rotatable bonds is 5. The second-order valence-electron chi connectivity index (χ2n) is 3.29. The Morgan fingerprint density at radius 3 is 2.73 bits per heavy atom. The van der Waals surface area contributed by atoms with Crippen LogP contribution >= 0.6 is 0 Å². The van der Waals surface area contributed by atoms with Gasteiger partial charge in [0.25, 0.3) is 6.43 Å². The number of benzene rings is 1. The maximum Gasteiger partial charge on any atom is 0.272 e. The standard InChI is InChI=1S/C11H15F2NO/c1-2-10(14)8-4-3-5-9(6-8)15-7-11(12)13/h3-6,10-11H,2,7,14H2,1H3. The summed E-state index contributed by atoms with van der Waals surface area (Å²) in [6.07, 6.45) is -1.65. The van der Waals surface area contributed by atoms with Gasteiger partial charge in [0.15, 0.2) is 0 Å². The minimum Gasteiger partial charge on any atom is -0.488 e. The van der Waals surface area contributed by atoms with E-state index in [1.54, 1.807) is 18.2 Å². The molecule has 1 unspecified atom stereocenters. The van der Waals surface area contributed by atoms with Gasteiger partial charge in [0.05, 0.1) is 0 Å². The van der Waals surface area contributed by atoms with Gasteiger partial charge in [-0.3, -0.25) is 0 Å². The molecular weight excluding hydrogens is 200 g/mol. The fourth-order valence-corrected chi connectivity index (χ4v) is 1.23. The Hall–Kier alpha value is -1.16. The van der Waals surface area contributed by atoms with Crippen molar-refractivity contribution in [1.82, 2.24) is 0 Å². The van der Waals surface area contributed by atoms with E-state index in [1.165, 1.54) is 0 Å². The molecule has 0 fully saturated rings. The first-order valence-corrected chi connectivity index (χ1v) is 4.90. The highest BCUT2D eigenvalue weighted by molar-refractivity contribution is 5.30. The molecule has 1 atom stereocenters. The summed E-state index contributed by atoms with van der Waals surface area (Å²) >= 11 is 0. The zero-order chi connectivity index (χ0) is 11.3. The molecule has 0 aromatic heterocycles. The van der Waals surface area contributed by atoms with Crippen LogP contribution < -0.4 is 10.5 Å². The fraction of sp³-hybridized carbons (Fsp3) is 0.455. The molecule has 15 heavy (non-hydrogen) atoms. The number of nitrogens with two attached hydrogens (primary N) is 1. The summed E-state index contributed by atoms with van der Waals surface area (Å²) in [5.41, 5.74) is 6.72. The lowest BCUT2D eigenvalue weighted by molar-refractivity contribution is 0.0818. The van der Waals surface area contributed by atoms with E-state index >= 15 is 0 Å². The van der Waals surface area contributed by atoms with Crippen LogP contribution in [-0.4, -0.2) is 13.0 Å². The van der Waals surface area contributed by atoms with Crippen molar-refractivity contribution in [2.24, 2.45) is 5.73 Å². The van der Waals surface area contributed by atoms with Crippen LogP contribution in [0.5, 0.6) is 5.75 Å². The highest BCUT2D eigenvalue weighted by atomic mass is 19.3. The Balaban J connectivity index is 2.65. The van der Waals surface area contributed by atoms with Gasteiger partial charge in [-0.15, -0.1) is 0 Å². The molecule has 0 aliphatic rings. The normalized spacial score (nSPS) is 12.9. The zero-order valence-corrected chi connectivity index (χ0v) is 8.62. The topological polar surface area (TPSA) is 35.2 Å². The predicted molar refractivity (Wildman–Crippen MR) is 55.2 cm³/mol. The molecule has 1 aromatic rings. The summed E-state index contributed by atoms with van der Waals surface area (Å²) in [5.74, 6) is 0.441. The van der Waals surface area contributed by atoms with Crippen LogP contribution in [0.3, 0.4) is 0 Å². The molecule has 2 nitrogen and oxygen atoms in total. The second kappa shape index (κ2) is 5.66. The molecule has 0 saturated carbocycles. The van der Waals surface area contributed by atoms with Crippen molar-refractivity contribution in [1.29, 1.82) is 0 Å². The van der Waals surface area contributed by atoms with E-state index < -0.39 is 13.0 Å². The van der Waals surface area contributed by atoms with E-state index in [-0.39, 0.29) is 6.04 Å². The van der Waals surface area contributed by atoms with Crippen LogP contribution in [0, 0.1) is 0 Å². The minimum absolute atomic E-state index is 0.0694. The Morgan fingerprint density at radius 1 is 1.40 bits per heavy atom. The van der Waals surface area contributed by atoms with Gasteiger partial charge >= 0.3 is 0 Å². The van der Waals surface area contributed by atoms with Crippen LogP contribution in [-0.2, 0) is 0 Å². The molecule has 84 valence electrons. The number of halogens is 2. The number of alkyl halides is 2. The van der Waals surface area contributed by atoms with Gasteiger partial charge in [0.2, 0.25) is 0 Å². The van der Waals surface area contributed by atoms with Gasteiger partial charge in [-0.1, -0.05) is 19.1 Å². The average molecular weight is 215 g/mol. The van der Waals surface area contributed by atoms with Crippen LogP contribution in [0.4, 0.5) is 8.78 Å². The predicted octanol–water partition coefficient (Wildman–Crippen LogP) is 2.74. The van der Waals surface area contributed by atoms with Crippen LogP contribution in [0.15, 0.2) is 24.3 Å². The minimum atomic E-state index is -2.45. The lowest BCUT2D eigenvalue weighted by atomic mass is 10.1. The Bertz CT molecular complexity index is 304. The highest BCUT2D eigenvalue weighted by Crippen LogP contribution is 2.19. The van der Waals surface area contributed by atoms with E-state index in [9.17, 15) is 8.78 Å². The van der Waals surface area contributed by atoms with Crippen molar-refractivity contribution < 1.29 is 13.5 Å². The molecule has 2 N–H and O–H groups in total. The summed E-state index contributed by atoms with van der Waals surface area (Å²) < 4.78 is 28.7. The fourth-order valence-electron chi connectivity index (χ4n) is 1.23. The van der Waals surface area contributed by atoms with Gasteiger partial charge in [-0.05, 0) is 24.1 Å². The Kier molecular flexibility index (Phi) is 4.49. The van der Waals surface area contributed by atoms with E-state index in [0.717, 1.165) is 12.0 Å². The van der Waals surface area contributed by atoms with Crippen LogP contribution in [0.2, 0.25) is 0 Å². The van der Waals surface area contributed by atoms with E-state index in [1.807, 2.05) is 13.0 Å². The number of hydrogen-bond acceptors (Lipinski definition) is 2. The number of ether oxygens (including phenoxy) is 1. The summed E-state index contributed by atoms with van der Waals surface area (Å²) in [7, 11) is 0. The maximum atomic E-state index is 11.9. The molecule has 0 amide bonds. The lowest BCUT2D eigenvalue weighted by Gasteiger charge is -2.11. The molecule has 0 saturated heterocycles. The van der Waals surface area contributed by atoms with Crippen LogP contribution in [0.25, 0.3) is 0 Å². The van der Waals surface area contributed by atoms with E-state index in [4.69, 9.17) is 10.5 Å². The van der Waals surface area contributed by atoms with Gasteiger partial charge in [0, 0.05) is 6.04 Å². The Morgan fingerprint density at radius 2 is 2.13 bits per heavy atom. The summed E-state index contributed by atoms with van der Waals surface area (Å²) in [4.78, 5) is 0. The van der Waals surface area contributed by atoms with E-state index in [2.05, 4.69) is 0 Å². The van der Waals surface area contributed by atoms with Gasteiger partial charge < -0.3 is 10.5 Å². The number of hydrogen-bond donors (Lipinski definition) is 1. The van der Waals surface area contributed by atoms with Crippen molar-refractivity contribution in [2.45, 2.75) is 25.8 Å². The molecule has 0 radical (unpaired) electrons. The second-order valence-corrected chi connectivity index (χ2v) is 3.29. The molecule has 0 aliphatic heterocycles. The van der Waals surface area contributed by atoms with E-state index in [0.29, 0.717) is 5.75 Å². The monoisotopic (exact) mass is 215 g/mol. The van der Waals surface area contributed by atoms with Crippen molar-refractivity contribution in [3.63, 3.8) is 0 Å². The average Bonchev–Trinajstić information content (AvgIpc) is 2.25. The molecule has 0 spiro atoms. The quantitative estimate of drug-likeness (QED) is 0.819. The van der Waals surface area contributed by atoms with Gasteiger partial charge in [-0.2, -0.15) is 0 Å². The maximum absolute atomic E-state index is 11.9. The van der Waals surface area contributed by atoms with Crippen molar-refractivity contribution in [3.8, 4) is 5.75 Å².